The maximum absolute atomic E-state index is 10.2. The zero-order valence-electron chi connectivity index (χ0n) is 13.4. The van der Waals surface area contributed by atoms with E-state index in [0.717, 1.165) is 25.9 Å². The van der Waals surface area contributed by atoms with Gasteiger partial charge in [0.15, 0.2) is 5.69 Å². The number of hydrogen-bond donors (Lipinski definition) is 3. The van der Waals surface area contributed by atoms with Crippen molar-refractivity contribution in [3.05, 3.63) is 23.8 Å². The highest BCUT2D eigenvalue weighted by Gasteiger charge is 2.18. The number of anilines is 1. The average molecular weight is 325 g/mol. The molecule has 1 aromatic heterocycles. The van der Waals surface area contributed by atoms with Crippen LogP contribution in [0.4, 0.5) is 5.95 Å². The smallest absolute Gasteiger partial charge is 0.246 e. The Labute approximate surface area is 140 Å². The number of benzene rings is 1. The summed E-state index contributed by atoms with van der Waals surface area (Å²) in [5.74, 6) is 3.18. The van der Waals surface area contributed by atoms with E-state index in [9.17, 15) is 5.11 Å². The normalized spacial score (nSPS) is 17.1. The van der Waals surface area contributed by atoms with E-state index in [1.54, 1.807) is 12.1 Å². The third kappa shape index (κ3) is 3.39. The van der Waals surface area contributed by atoms with Gasteiger partial charge in [-0.15, -0.1) is 16.6 Å². The van der Waals surface area contributed by atoms with Gasteiger partial charge in [-0.25, -0.2) is 0 Å². The highest BCUT2D eigenvalue weighted by molar-refractivity contribution is 5.71. The van der Waals surface area contributed by atoms with Gasteiger partial charge >= 0.3 is 0 Å². The zero-order chi connectivity index (χ0) is 16.9. The minimum atomic E-state index is 0.0111. The monoisotopic (exact) mass is 325 g/mol. The molecule has 0 bridgehead atoms. The lowest BCUT2D eigenvalue weighted by atomic mass is 10.1. The van der Waals surface area contributed by atoms with Crippen LogP contribution in [0.3, 0.4) is 0 Å². The van der Waals surface area contributed by atoms with Gasteiger partial charge in [0.1, 0.15) is 5.75 Å². The predicted molar refractivity (Wildman–Crippen MR) is 90.9 cm³/mol. The molecule has 24 heavy (non-hydrogen) atoms. The fraction of sp³-hybridized carbons (Fsp3) is 0.353. The number of piperidine rings is 1. The van der Waals surface area contributed by atoms with Gasteiger partial charge in [-0.1, -0.05) is 5.92 Å². The first kappa shape index (κ1) is 16.0. The molecule has 7 nitrogen and oxygen atoms in total. The van der Waals surface area contributed by atoms with Crippen molar-refractivity contribution in [3.63, 3.8) is 0 Å². The molecular formula is C17H19N5O2. The Morgan fingerprint density at radius 3 is 2.96 bits per heavy atom. The molecule has 2 heterocycles. The molecule has 3 rings (SSSR count). The second-order valence-electron chi connectivity index (χ2n) is 5.56. The van der Waals surface area contributed by atoms with Gasteiger partial charge in [0.25, 0.3) is 0 Å². The maximum atomic E-state index is 10.2. The van der Waals surface area contributed by atoms with E-state index < -0.39 is 0 Å². The van der Waals surface area contributed by atoms with Crippen LogP contribution in [0.15, 0.2) is 18.2 Å². The van der Waals surface area contributed by atoms with Crippen LogP contribution < -0.4 is 15.4 Å². The second-order valence-corrected chi connectivity index (χ2v) is 5.56. The Morgan fingerprint density at radius 2 is 2.29 bits per heavy atom. The number of hydrogen-bond acceptors (Lipinski definition) is 7. The van der Waals surface area contributed by atoms with Crippen molar-refractivity contribution in [2.75, 3.05) is 25.5 Å². The van der Waals surface area contributed by atoms with Crippen LogP contribution in [0.2, 0.25) is 0 Å². The van der Waals surface area contributed by atoms with Gasteiger partial charge in [-0.3, -0.25) is 0 Å². The number of methoxy groups -OCH3 is 1. The summed E-state index contributed by atoms with van der Waals surface area (Å²) in [7, 11) is 1.51. The van der Waals surface area contributed by atoms with Crippen molar-refractivity contribution in [1.29, 1.82) is 0 Å². The molecule has 1 aliphatic rings. The molecule has 0 aliphatic carbocycles. The van der Waals surface area contributed by atoms with Crippen molar-refractivity contribution < 1.29 is 9.84 Å². The number of phenols is 1. The number of aromatic hydroxyl groups is 1. The number of rotatable bonds is 4. The van der Waals surface area contributed by atoms with Crippen LogP contribution in [-0.2, 0) is 0 Å². The van der Waals surface area contributed by atoms with Crippen LogP contribution in [0, 0.1) is 12.3 Å². The molecule has 7 heteroatoms. The van der Waals surface area contributed by atoms with Crippen molar-refractivity contribution in [2.24, 2.45) is 0 Å². The first-order valence-electron chi connectivity index (χ1n) is 7.77. The van der Waals surface area contributed by atoms with E-state index in [1.165, 1.54) is 13.2 Å². The van der Waals surface area contributed by atoms with Gasteiger partial charge in [0.05, 0.1) is 7.11 Å². The summed E-state index contributed by atoms with van der Waals surface area (Å²) in [6, 6.07) is 5.16. The summed E-state index contributed by atoms with van der Waals surface area (Å²) in [4.78, 5) is 4.36. The largest absolute Gasteiger partial charge is 0.507 e. The Bertz CT molecular complexity index is 766. The van der Waals surface area contributed by atoms with E-state index in [2.05, 4.69) is 31.7 Å². The molecule has 1 saturated heterocycles. The van der Waals surface area contributed by atoms with Crippen molar-refractivity contribution in [1.82, 2.24) is 20.5 Å². The summed E-state index contributed by atoms with van der Waals surface area (Å²) < 4.78 is 5.32. The summed E-state index contributed by atoms with van der Waals surface area (Å²) in [5, 5.41) is 25.0. The van der Waals surface area contributed by atoms with Crippen LogP contribution in [-0.4, -0.2) is 46.5 Å². The first-order valence-corrected chi connectivity index (χ1v) is 7.77. The molecule has 0 saturated carbocycles. The second kappa shape index (κ2) is 7.15. The highest BCUT2D eigenvalue weighted by Crippen LogP contribution is 2.33. The molecule has 1 aliphatic heterocycles. The zero-order valence-corrected chi connectivity index (χ0v) is 13.4. The number of phenolic OH excluding ortho intramolecular Hbond substituents is 1. The number of nitrogens with zero attached hydrogens (tertiary/aromatic N) is 3. The Kier molecular flexibility index (Phi) is 4.77. The number of aromatic nitrogens is 3. The molecule has 3 N–H and O–H groups in total. The first-order chi connectivity index (χ1) is 11.7. The summed E-state index contributed by atoms with van der Waals surface area (Å²) in [6.45, 7) is 1.90. The molecular weight excluding hydrogens is 306 g/mol. The van der Waals surface area contributed by atoms with Crippen LogP contribution in [0.5, 0.6) is 11.6 Å². The van der Waals surface area contributed by atoms with Gasteiger partial charge in [0, 0.05) is 23.7 Å². The summed E-state index contributed by atoms with van der Waals surface area (Å²) in [5.41, 5.74) is 1.42. The van der Waals surface area contributed by atoms with Gasteiger partial charge < -0.3 is 20.5 Å². The van der Waals surface area contributed by atoms with E-state index in [-0.39, 0.29) is 11.8 Å². The van der Waals surface area contributed by atoms with Crippen molar-refractivity contribution in [2.45, 2.75) is 18.9 Å². The minimum Gasteiger partial charge on any atom is -0.507 e. The third-order valence-corrected chi connectivity index (χ3v) is 3.90. The third-order valence-electron chi connectivity index (χ3n) is 3.90. The average Bonchev–Trinajstić information content (AvgIpc) is 2.62. The van der Waals surface area contributed by atoms with E-state index in [1.807, 2.05) is 0 Å². The SMILES string of the molecule is C#Cc1ccc(-c2nnc(NC3CCCNC3)nc2OC)c(O)c1. The van der Waals surface area contributed by atoms with Crippen molar-refractivity contribution >= 4 is 5.95 Å². The molecule has 2 aromatic rings. The Balaban J connectivity index is 1.88. The summed E-state index contributed by atoms with van der Waals surface area (Å²) >= 11 is 0. The standard InChI is InChI=1S/C17H19N5O2/c1-3-11-6-7-13(14(23)9-11)15-16(24-2)20-17(22-21-15)19-12-5-4-8-18-10-12/h1,6-7,9,12,18,23H,4-5,8,10H2,2H3,(H,19,20,22). The Morgan fingerprint density at radius 1 is 1.42 bits per heavy atom. The maximum Gasteiger partial charge on any atom is 0.246 e. The number of ether oxygens (including phenoxy) is 1. The molecule has 124 valence electrons. The molecule has 0 amide bonds. The van der Waals surface area contributed by atoms with E-state index in [4.69, 9.17) is 11.2 Å². The Hall–Kier alpha value is -2.85. The minimum absolute atomic E-state index is 0.0111. The topological polar surface area (TPSA) is 92.2 Å². The number of terminal acetylenes is 1. The fourth-order valence-electron chi connectivity index (χ4n) is 2.66. The van der Waals surface area contributed by atoms with Gasteiger partial charge in [0.2, 0.25) is 11.8 Å². The molecule has 1 aromatic carbocycles. The van der Waals surface area contributed by atoms with Crippen molar-refractivity contribution in [3.8, 4) is 35.2 Å². The predicted octanol–water partition coefficient (Wildman–Crippen LogP) is 1.40. The van der Waals surface area contributed by atoms with Crippen LogP contribution >= 0.6 is 0 Å². The lowest BCUT2D eigenvalue weighted by Crippen LogP contribution is -2.38. The van der Waals surface area contributed by atoms with Gasteiger partial charge in [-0.2, -0.15) is 4.98 Å². The van der Waals surface area contributed by atoms with Crippen LogP contribution in [0.1, 0.15) is 18.4 Å². The molecule has 1 unspecified atom stereocenters. The lowest BCUT2D eigenvalue weighted by Gasteiger charge is -2.23. The molecule has 0 radical (unpaired) electrons. The number of nitrogens with one attached hydrogen (secondary N) is 2. The highest BCUT2D eigenvalue weighted by atomic mass is 16.5. The van der Waals surface area contributed by atoms with E-state index >= 15 is 0 Å². The fourth-order valence-corrected chi connectivity index (χ4v) is 2.66. The lowest BCUT2D eigenvalue weighted by molar-refractivity contribution is 0.395. The van der Waals surface area contributed by atoms with E-state index in [0.29, 0.717) is 28.6 Å². The quantitative estimate of drug-likeness (QED) is 0.732. The van der Waals surface area contributed by atoms with Crippen LogP contribution in [0.25, 0.3) is 11.3 Å². The molecule has 1 fully saturated rings. The molecule has 0 spiro atoms. The summed E-state index contributed by atoms with van der Waals surface area (Å²) in [6.07, 6.45) is 7.49. The van der Waals surface area contributed by atoms with Gasteiger partial charge in [-0.05, 0) is 37.6 Å². The molecule has 1 atom stereocenters.